The molecule has 4 aliphatic rings. The first kappa shape index (κ1) is 21.7. The fraction of sp³-hybridized carbons (Fsp3) is 0.615. The molecule has 1 aromatic heterocycles. The Morgan fingerprint density at radius 2 is 1.91 bits per heavy atom. The number of allylic oxidation sites excluding steroid dienone is 2. The highest BCUT2D eigenvalue weighted by Crippen LogP contribution is 2.39. The lowest BCUT2D eigenvalue weighted by atomic mass is 9.87. The van der Waals surface area contributed by atoms with Crippen LogP contribution in [0.2, 0.25) is 0 Å². The molecule has 4 aliphatic heterocycles. The van der Waals surface area contributed by atoms with Crippen LogP contribution in [0.4, 0.5) is 0 Å². The highest BCUT2D eigenvalue weighted by Gasteiger charge is 2.42. The van der Waals surface area contributed by atoms with E-state index in [1.807, 2.05) is 6.20 Å². The highest BCUT2D eigenvalue weighted by atomic mass is 15.4. The van der Waals surface area contributed by atoms with Gasteiger partial charge in [-0.15, -0.1) is 0 Å². The Bertz CT molecular complexity index is 911. The van der Waals surface area contributed by atoms with Crippen LogP contribution in [0.15, 0.2) is 47.4 Å². The second-order valence-corrected chi connectivity index (χ2v) is 10.1. The molecule has 32 heavy (non-hydrogen) atoms. The van der Waals surface area contributed by atoms with Gasteiger partial charge < -0.3 is 14.7 Å². The first-order valence-electron chi connectivity index (χ1n) is 12.4. The summed E-state index contributed by atoms with van der Waals surface area (Å²) in [4.78, 5) is 20.3. The van der Waals surface area contributed by atoms with Crippen molar-refractivity contribution in [1.82, 2.24) is 24.6 Å². The molecular formula is C26H38N6. The van der Waals surface area contributed by atoms with Crippen LogP contribution in [0.5, 0.6) is 0 Å². The summed E-state index contributed by atoms with van der Waals surface area (Å²) >= 11 is 0. The number of rotatable bonds is 4. The molecule has 0 aliphatic carbocycles. The van der Waals surface area contributed by atoms with Gasteiger partial charge in [0.25, 0.3) is 0 Å². The van der Waals surface area contributed by atoms with E-state index in [2.05, 4.69) is 77.8 Å². The molecule has 0 N–H and O–H groups in total. The van der Waals surface area contributed by atoms with Crippen molar-refractivity contribution in [3.63, 3.8) is 0 Å². The summed E-state index contributed by atoms with van der Waals surface area (Å²) in [7, 11) is 2.22. The van der Waals surface area contributed by atoms with Gasteiger partial charge in [-0.1, -0.05) is 12.1 Å². The lowest BCUT2D eigenvalue weighted by Gasteiger charge is -2.46. The third-order valence-electron chi connectivity index (χ3n) is 7.66. The summed E-state index contributed by atoms with van der Waals surface area (Å²) in [5.74, 6) is 2.48. The molecule has 1 unspecified atom stereocenters. The molecule has 2 saturated heterocycles. The number of hydrogen-bond donors (Lipinski definition) is 0. The summed E-state index contributed by atoms with van der Waals surface area (Å²) in [6, 6.07) is 5.87. The summed E-state index contributed by atoms with van der Waals surface area (Å²) in [5, 5.41) is 0. The Balaban J connectivity index is 1.38. The van der Waals surface area contributed by atoms with Crippen LogP contribution in [0.25, 0.3) is 0 Å². The molecule has 1 aromatic rings. The summed E-state index contributed by atoms with van der Waals surface area (Å²) in [6.45, 7) is 12.3. The van der Waals surface area contributed by atoms with Crippen molar-refractivity contribution in [2.45, 2.75) is 64.2 Å². The van der Waals surface area contributed by atoms with Crippen molar-refractivity contribution in [2.75, 3.05) is 39.8 Å². The molecule has 0 saturated carbocycles. The number of pyridine rings is 1. The third kappa shape index (κ3) is 3.99. The van der Waals surface area contributed by atoms with Gasteiger partial charge in [-0.25, -0.2) is 0 Å². The molecule has 3 atom stereocenters. The van der Waals surface area contributed by atoms with Crippen molar-refractivity contribution in [3.8, 4) is 0 Å². The Labute approximate surface area is 193 Å². The average molecular weight is 435 g/mol. The van der Waals surface area contributed by atoms with Crippen LogP contribution in [-0.4, -0.2) is 88.3 Å². The molecule has 172 valence electrons. The largest absolute Gasteiger partial charge is 0.355 e. The second-order valence-electron chi connectivity index (χ2n) is 10.1. The number of fused-ring (bicyclic) bond motifs is 1. The van der Waals surface area contributed by atoms with E-state index in [0.29, 0.717) is 24.2 Å². The van der Waals surface area contributed by atoms with Crippen molar-refractivity contribution in [3.05, 3.63) is 53.6 Å². The SMILES string of the molecule is Cc1cccnc1[C@@H]1CCC[C@H](C2CN3C(N4CCN(C)CC4)=CC=CC3=N2)N1C(C)C. The van der Waals surface area contributed by atoms with Crippen LogP contribution < -0.4 is 0 Å². The normalized spacial score (nSPS) is 29.3. The zero-order valence-corrected chi connectivity index (χ0v) is 20.1. The van der Waals surface area contributed by atoms with Crippen molar-refractivity contribution in [1.29, 1.82) is 0 Å². The maximum absolute atomic E-state index is 5.29. The lowest BCUT2D eigenvalue weighted by molar-refractivity contribution is 0.0339. The number of likely N-dealkylation sites (tertiary alicyclic amines) is 1. The number of aryl methyl sites for hydroxylation is 1. The minimum absolute atomic E-state index is 0.304. The molecule has 5 rings (SSSR count). The van der Waals surface area contributed by atoms with Crippen molar-refractivity contribution >= 4 is 5.84 Å². The van der Waals surface area contributed by atoms with Gasteiger partial charge in [0.15, 0.2) is 0 Å². The van der Waals surface area contributed by atoms with Crippen LogP contribution in [-0.2, 0) is 0 Å². The summed E-state index contributed by atoms with van der Waals surface area (Å²) in [6.07, 6.45) is 12.3. The minimum atomic E-state index is 0.304. The van der Waals surface area contributed by atoms with E-state index < -0.39 is 0 Å². The number of hydrogen-bond acceptors (Lipinski definition) is 6. The third-order valence-corrected chi connectivity index (χ3v) is 7.66. The number of piperidine rings is 1. The van der Waals surface area contributed by atoms with Gasteiger partial charge in [-0.3, -0.25) is 14.9 Å². The molecular weight excluding hydrogens is 396 g/mol. The number of amidine groups is 1. The van der Waals surface area contributed by atoms with E-state index in [1.54, 1.807) is 0 Å². The topological polar surface area (TPSA) is 38.2 Å². The number of aromatic nitrogens is 1. The zero-order chi connectivity index (χ0) is 22.2. The van der Waals surface area contributed by atoms with E-state index in [0.717, 1.165) is 38.6 Å². The lowest BCUT2D eigenvalue weighted by Crippen LogP contribution is -2.53. The first-order valence-corrected chi connectivity index (χ1v) is 12.4. The van der Waals surface area contributed by atoms with Crippen LogP contribution >= 0.6 is 0 Å². The predicted molar refractivity (Wildman–Crippen MR) is 131 cm³/mol. The predicted octanol–water partition coefficient (Wildman–Crippen LogP) is 3.44. The van der Waals surface area contributed by atoms with Crippen LogP contribution in [0, 0.1) is 6.92 Å². The van der Waals surface area contributed by atoms with Crippen molar-refractivity contribution < 1.29 is 0 Å². The first-order chi connectivity index (χ1) is 15.5. The maximum Gasteiger partial charge on any atom is 0.129 e. The van der Waals surface area contributed by atoms with Crippen molar-refractivity contribution in [2.24, 2.45) is 4.99 Å². The smallest absolute Gasteiger partial charge is 0.129 e. The quantitative estimate of drug-likeness (QED) is 0.726. The van der Waals surface area contributed by atoms with E-state index in [-0.39, 0.29) is 0 Å². The van der Waals surface area contributed by atoms with Gasteiger partial charge >= 0.3 is 0 Å². The minimum Gasteiger partial charge on any atom is -0.355 e. The highest BCUT2D eigenvalue weighted by molar-refractivity contribution is 5.97. The van der Waals surface area contributed by atoms with E-state index in [4.69, 9.17) is 9.98 Å². The Morgan fingerprint density at radius 1 is 1.09 bits per heavy atom. The summed E-state index contributed by atoms with van der Waals surface area (Å²) in [5.41, 5.74) is 2.56. The van der Waals surface area contributed by atoms with Crippen LogP contribution in [0.1, 0.15) is 50.4 Å². The number of aliphatic imine (C=N–C) groups is 1. The monoisotopic (exact) mass is 434 g/mol. The molecule has 0 amide bonds. The number of likely N-dealkylation sites (N-methyl/N-ethyl adjacent to an activating group) is 1. The molecule has 2 fully saturated rings. The van der Waals surface area contributed by atoms with Gasteiger partial charge in [0, 0.05) is 51.0 Å². The second kappa shape index (κ2) is 8.99. The van der Waals surface area contributed by atoms with Crippen LogP contribution in [0.3, 0.4) is 0 Å². The van der Waals surface area contributed by atoms with E-state index >= 15 is 0 Å². The Kier molecular flexibility index (Phi) is 6.08. The maximum atomic E-state index is 5.29. The molecule has 0 spiro atoms. The van der Waals surface area contributed by atoms with Gasteiger partial charge in [0.05, 0.1) is 17.8 Å². The standard InChI is InChI=1S/C26H38N6/c1-19(2)32-22(9-5-10-23(32)26-20(3)8-7-13-27-26)21-18-31-24(28-21)11-6-12-25(31)30-16-14-29(4)15-17-30/h6-8,11-13,19,21-23H,5,9-10,14-18H2,1-4H3/t21?,22-,23+/m1/s1. The zero-order valence-electron chi connectivity index (χ0n) is 20.1. The molecule has 6 nitrogen and oxygen atoms in total. The Morgan fingerprint density at radius 3 is 2.66 bits per heavy atom. The van der Waals surface area contributed by atoms with Gasteiger partial charge in [-0.05, 0) is 70.9 Å². The van der Waals surface area contributed by atoms with E-state index in [1.165, 1.54) is 36.3 Å². The average Bonchev–Trinajstić information content (AvgIpc) is 3.24. The summed E-state index contributed by atoms with van der Waals surface area (Å²) < 4.78 is 0. The number of nitrogens with zero attached hydrogens (tertiary/aromatic N) is 6. The van der Waals surface area contributed by atoms with E-state index in [9.17, 15) is 0 Å². The molecule has 6 heteroatoms. The van der Waals surface area contributed by atoms with Gasteiger partial charge in [0.1, 0.15) is 11.7 Å². The molecule has 0 aromatic carbocycles. The Hall–Kier alpha value is -2.18. The fourth-order valence-corrected chi connectivity index (χ4v) is 6.04. The van der Waals surface area contributed by atoms with Gasteiger partial charge in [0.2, 0.25) is 0 Å². The number of piperazine rings is 1. The van der Waals surface area contributed by atoms with Gasteiger partial charge in [-0.2, -0.15) is 0 Å². The molecule has 5 heterocycles. The molecule has 0 radical (unpaired) electrons. The fourth-order valence-electron chi connectivity index (χ4n) is 6.04. The molecule has 0 bridgehead atoms.